The first-order chi connectivity index (χ1) is 10.2. The van der Waals surface area contributed by atoms with Crippen molar-refractivity contribution in [1.82, 2.24) is 9.55 Å². The van der Waals surface area contributed by atoms with E-state index < -0.39 is 0 Å². The van der Waals surface area contributed by atoms with Crippen LogP contribution in [-0.4, -0.2) is 15.6 Å². The van der Waals surface area contributed by atoms with E-state index in [9.17, 15) is 0 Å². The third-order valence-electron chi connectivity index (χ3n) is 3.42. The van der Waals surface area contributed by atoms with E-state index in [0.717, 1.165) is 15.2 Å². The topological polar surface area (TPSA) is 43.8 Å². The molecule has 21 heavy (non-hydrogen) atoms. The Bertz CT molecular complexity index is 701. The zero-order chi connectivity index (χ0) is 14.8. The third kappa shape index (κ3) is 2.95. The number of aromatic nitrogens is 2. The van der Waals surface area contributed by atoms with Crippen molar-refractivity contribution in [2.45, 2.75) is 19.0 Å². The molecule has 0 saturated carbocycles. The molecular weight excluding hydrogens is 346 g/mol. The van der Waals surface area contributed by atoms with Gasteiger partial charge in [0, 0.05) is 22.9 Å². The van der Waals surface area contributed by atoms with Gasteiger partial charge in [-0.2, -0.15) is 0 Å². The smallest absolute Gasteiger partial charge is 0.150 e. The Balaban J connectivity index is 2.07. The molecule has 0 radical (unpaired) electrons. The average Bonchev–Trinajstić information content (AvgIpc) is 3.11. The second kappa shape index (κ2) is 6.13. The molecule has 5 heteroatoms. The highest BCUT2D eigenvalue weighted by Crippen LogP contribution is 2.30. The van der Waals surface area contributed by atoms with Gasteiger partial charge in [0.2, 0.25) is 0 Å². The molecule has 2 heterocycles. The molecule has 108 valence electrons. The minimum Gasteiger partial charge on any atom is -0.326 e. The van der Waals surface area contributed by atoms with Gasteiger partial charge in [0.1, 0.15) is 0 Å². The SMILES string of the molecule is CC(N)C(c1ccc(Br)cc1)n1ccnc1-c1cccs1. The molecule has 0 aliphatic heterocycles. The van der Waals surface area contributed by atoms with Gasteiger partial charge < -0.3 is 10.3 Å². The molecule has 0 aliphatic carbocycles. The van der Waals surface area contributed by atoms with Crippen LogP contribution in [0.15, 0.2) is 58.6 Å². The van der Waals surface area contributed by atoms with Gasteiger partial charge in [-0.15, -0.1) is 11.3 Å². The predicted octanol–water partition coefficient (Wildman–Crippen LogP) is 4.31. The Morgan fingerprint density at radius 2 is 2.00 bits per heavy atom. The maximum absolute atomic E-state index is 6.26. The number of nitrogens with zero attached hydrogens (tertiary/aromatic N) is 2. The summed E-state index contributed by atoms with van der Waals surface area (Å²) >= 11 is 5.17. The fourth-order valence-corrected chi connectivity index (χ4v) is 3.50. The highest BCUT2D eigenvalue weighted by atomic mass is 79.9. The number of nitrogens with two attached hydrogens (primary N) is 1. The zero-order valence-electron chi connectivity index (χ0n) is 11.6. The van der Waals surface area contributed by atoms with Crippen LogP contribution in [0.1, 0.15) is 18.5 Å². The van der Waals surface area contributed by atoms with Crippen LogP contribution >= 0.6 is 27.3 Å². The van der Waals surface area contributed by atoms with E-state index in [0.29, 0.717) is 0 Å². The van der Waals surface area contributed by atoms with Crippen LogP contribution in [0.2, 0.25) is 0 Å². The van der Waals surface area contributed by atoms with Crippen LogP contribution in [0, 0.1) is 0 Å². The molecule has 2 aromatic heterocycles. The van der Waals surface area contributed by atoms with Crippen molar-refractivity contribution in [3.63, 3.8) is 0 Å². The number of halogens is 1. The summed E-state index contributed by atoms with van der Waals surface area (Å²) in [7, 11) is 0. The zero-order valence-corrected chi connectivity index (χ0v) is 14.0. The molecular formula is C16H16BrN3S. The molecule has 0 spiro atoms. The van der Waals surface area contributed by atoms with Gasteiger partial charge in [-0.25, -0.2) is 4.98 Å². The van der Waals surface area contributed by atoms with E-state index in [1.54, 1.807) is 11.3 Å². The summed E-state index contributed by atoms with van der Waals surface area (Å²) in [6, 6.07) is 12.5. The largest absolute Gasteiger partial charge is 0.326 e. The fraction of sp³-hybridized carbons (Fsp3) is 0.188. The average molecular weight is 362 g/mol. The number of imidazole rings is 1. The second-order valence-corrected chi connectivity index (χ2v) is 6.85. The Morgan fingerprint density at radius 1 is 1.24 bits per heavy atom. The number of benzene rings is 1. The predicted molar refractivity (Wildman–Crippen MR) is 91.5 cm³/mol. The highest BCUT2D eigenvalue weighted by molar-refractivity contribution is 9.10. The van der Waals surface area contributed by atoms with Gasteiger partial charge in [-0.3, -0.25) is 0 Å². The van der Waals surface area contributed by atoms with Gasteiger partial charge in [0.25, 0.3) is 0 Å². The molecule has 3 aromatic rings. The number of hydrogen-bond acceptors (Lipinski definition) is 3. The quantitative estimate of drug-likeness (QED) is 0.752. The lowest BCUT2D eigenvalue weighted by atomic mass is 10.0. The first kappa shape index (κ1) is 14.5. The molecule has 3 rings (SSSR count). The van der Waals surface area contributed by atoms with Crippen LogP contribution in [-0.2, 0) is 0 Å². The first-order valence-corrected chi connectivity index (χ1v) is 8.42. The van der Waals surface area contributed by atoms with E-state index in [1.807, 2.05) is 37.5 Å². The maximum atomic E-state index is 6.26. The normalized spacial score (nSPS) is 14.0. The number of thiophene rings is 1. The summed E-state index contributed by atoms with van der Waals surface area (Å²) in [4.78, 5) is 5.67. The monoisotopic (exact) mass is 361 g/mol. The molecule has 0 bridgehead atoms. The maximum Gasteiger partial charge on any atom is 0.150 e. The summed E-state index contributed by atoms with van der Waals surface area (Å²) in [5.41, 5.74) is 7.45. The molecule has 0 saturated heterocycles. The Kier molecular flexibility index (Phi) is 4.24. The van der Waals surface area contributed by atoms with Crippen LogP contribution in [0.4, 0.5) is 0 Å². The lowest BCUT2D eigenvalue weighted by Gasteiger charge is -2.24. The molecule has 0 fully saturated rings. The van der Waals surface area contributed by atoms with Crippen LogP contribution in [0.3, 0.4) is 0 Å². The van der Waals surface area contributed by atoms with Gasteiger partial charge in [0.05, 0.1) is 10.9 Å². The first-order valence-electron chi connectivity index (χ1n) is 6.74. The summed E-state index contributed by atoms with van der Waals surface area (Å²) in [5.74, 6) is 0.968. The molecule has 1 aromatic carbocycles. The van der Waals surface area contributed by atoms with E-state index in [2.05, 4.69) is 49.1 Å². The van der Waals surface area contributed by atoms with Crippen molar-refractivity contribution in [3.8, 4) is 10.7 Å². The third-order valence-corrected chi connectivity index (χ3v) is 4.81. The van der Waals surface area contributed by atoms with E-state index in [1.165, 1.54) is 5.56 Å². The summed E-state index contributed by atoms with van der Waals surface area (Å²) in [6.45, 7) is 2.03. The summed E-state index contributed by atoms with van der Waals surface area (Å²) in [6.07, 6.45) is 3.84. The van der Waals surface area contributed by atoms with Gasteiger partial charge >= 0.3 is 0 Å². The number of rotatable bonds is 4. The summed E-state index contributed by atoms with van der Waals surface area (Å²) in [5, 5.41) is 2.06. The Morgan fingerprint density at radius 3 is 2.62 bits per heavy atom. The Hall–Kier alpha value is -1.43. The summed E-state index contributed by atoms with van der Waals surface area (Å²) < 4.78 is 3.23. The lowest BCUT2D eigenvalue weighted by molar-refractivity contribution is 0.500. The standard InChI is InChI=1S/C16H16BrN3S/c1-11(18)15(12-4-6-13(17)7-5-12)20-9-8-19-16(20)14-3-2-10-21-14/h2-11,15H,18H2,1H3. The van der Waals surface area contributed by atoms with Gasteiger partial charge in [-0.05, 0) is 36.1 Å². The molecule has 0 aliphatic rings. The Labute approximate surface area is 136 Å². The van der Waals surface area contributed by atoms with Crippen molar-refractivity contribution in [3.05, 3.63) is 64.2 Å². The minimum atomic E-state index is -0.0147. The van der Waals surface area contributed by atoms with Crippen LogP contribution in [0.5, 0.6) is 0 Å². The van der Waals surface area contributed by atoms with Crippen LogP contribution < -0.4 is 5.73 Å². The molecule has 2 atom stereocenters. The van der Waals surface area contributed by atoms with Crippen molar-refractivity contribution >= 4 is 27.3 Å². The van der Waals surface area contributed by atoms with E-state index in [4.69, 9.17) is 5.73 Å². The van der Waals surface area contributed by atoms with E-state index in [-0.39, 0.29) is 12.1 Å². The van der Waals surface area contributed by atoms with Crippen molar-refractivity contribution in [2.75, 3.05) is 0 Å². The fourth-order valence-electron chi connectivity index (χ4n) is 2.51. The van der Waals surface area contributed by atoms with Crippen LogP contribution in [0.25, 0.3) is 10.7 Å². The number of hydrogen-bond donors (Lipinski definition) is 1. The van der Waals surface area contributed by atoms with E-state index >= 15 is 0 Å². The van der Waals surface area contributed by atoms with Crippen molar-refractivity contribution < 1.29 is 0 Å². The van der Waals surface area contributed by atoms with Crippen molar-refractivity contribution in [1.29, 1.82) is 0 Å². The van der Waals surface area contributed by atoms with Crippen molar-refractivity contribution in [2.24, 2.45) is 5.73 Å². The molecule has 2 N–H and O–H groups in total. The second-order valence-electron chi connectivity index (χ2n) is 4.99. The minimum absolute atomic E-state index is 0.0147. The molecule has 0 amide bonds. The lowest BCUT2D eigenvalue weighted by Crippen LogP contribution is -2.30. The molecule has 2 unspecified atom stereocenters. The van der Waals surface area contributed by atoms with Gasteiger partial charge in [0.15, 0.2) is 5.82 Å². The molecule has 3 nitrogen and oxygen atoms in total. The van der Waals surface area contributed by atoms with Gasteiger partial charge in [-0.1, -0.05) is 34.1 Å². The highest BCUT2D eigenvalue weighted by Gasteiger charge is 2.21.